The maximum Gasteiger partial charge on any atom is 0.292 e. The third-order valence-electron chi connectivity index (χ3n) is 9.86. The Kier molecular flexibility index (Phi) is 18.3. The second kappa shape index (κ2) is 23.6. The van der Waals surface area contributed by atoms with Gasteiger partial charge in [0.15, 0.2) is 17.2 Å². The Balaban J connectivity index is 1.23. The molecule has 1 fully saturated rings. The molecule has 4 rings (SSSR count). The maximum absolute atomic E-state index is 12.8. The van der Waals surface area contributed by atoms with Gasteiger partial charge >= 0.3 is 0 Å². The second-order valence-corrected chi connectivity index (χ2v) is 14.1. The van der Waals surface area contributed by atoms with E-state index in [1.807, 2.05) is 0 Å². The fourth-order valence-electron chi connectivity index (χ4n) is 6.43. The standard InChI is InChI=1S/C39H57N9O9/c49-31-7-1-16-46(37(31)55)19-4-13-40-34(52)10-22-43-25-27-44(23-11-35(53)41-14-5-20-47-17-2-8-32(50)38(47)56)29-30-45(28-26-43)24-12-36(54)42-15-6-21-48-18-3-9-33(51)39(48)57/h1-3,7-9,16-18,49-51H,4-6,10-15,19-30H2,(H,40,52)(H,41,53)(H,42,54). The zero-order valence-electron chi connectivity index (χ0n) is 32.5. The molecule has 0 saturated carbocycles. The Bertz CT molecular complexity index is 1700. The Morgan fingerprint density at radius 2 is 0.719 bits per heavy atom. The van der Waals surface area contributed by atoms with E-state index in [4.69, 9.17) is 0 Å². The van der Waals surface area contributed by atoms with E-state index in [-0.39, 0.29) is 54.2 Å². The van der Waals surface area contributed by atoms with Crippen molar-refractivity contribution in [3.8, 4) is 17.2 Å². The lowest BCUT2D eigenvalue weighted by Crippen LogP contribution is -2.39. The molecule has 0 atom stereocenters. The van der Waals surface area contributed by atoms with Gasteiger partial charge in [-0.3, -0.25) is 28.8 Å². The molecule has 0 aliphatic carbocycles. The summed E-state index contributed by atoms with van der Waals surface area (Å²) in [6.07, 6.45) is 7.20. The van der Waals surface area contributed by atoms with E-state index in [1.165, 1.54) is 31.9 Å². The molecule has 0 unspecified atom stereocenters. The van der Waals surface area contributed by atoms with Gasteiger partial charge in [0.05, 0.1) is 0 Å². The molecular weight excluding hydrogens is 738 g/mol. The Labute approximate surface area is 331 Å². The number of hydrogen-bond donors (Lipinski definition) is 6. The van der Waals surface area contributed by atoms with Crippen LogP contribution in [0.3, 0.4) is 0 Å². The molecule has 57 heavy (non-hydrogen) atoms. The maximum atomic E-state index is 12.8. The van der Waals surface area contributed by atoms with Crippen molar-refractivity contribution in [3.05, 3.63) is 86.1 Å². The lowest BCUT2D eigenvalue weighted by molar-refractivity contribution is -0.122. The molecule has 18 heteroatoms. The molecule has 1 saturated heterocycles. The van der Waals surface area contributed by atoms with Crippen molar-refractivity contribution in [2.45, 2.75) is 58.2 Å². The average molecular weight is 796 g/mol. The monoisotopic (exact) mass is 795 g/mol. The smallest absolute Gasteiger partial charge is 0.292 e. The first-order valence-corrected chi connectivity index (χ1v) is 19.6. The Morgan fingerprint density at radius 1 is 0.456 bits per heavy atom. The number of pyridine rings is 3. The topological polar surface area (TPSA) is 224 Å². The summed E-state index contributed by atoms with van der Waals surface area (Å²) in [5.74, 6) is -1.27. The third kappa shape index (κ3) is 15.5. The van der Waals surface area contributed by atoms with Gasteiger partial charge in [-0.1, -0.05) is 0 Å². The number of carbonyl (C=O) groups is 3. The van der Waals surface area contributed by atoms with E-state index < -0.39 is 16.7 Å². The minimum Gasteiger partial charge on any atom is -0.503 e. The van der Waals surface area contributed by atoms with Gasteiger partial charge in [0, 0.05) is 136 Å². The van der Waals surface area contributed by atoms with Gasteiger partial charge in [-0.25, -0.2) is 0 Å². The summed E-state index contributed by atoms with van der Waals surface area (Å²) in [6.45, 7) is 7.91. The first kappa shape index (κ1) is 44.3. The molecule has 3 aromatic rings. The van der Waals surface area contributed by atoms with Gasteiger partial charge in [-0.2, -0.15) is 0 Å². The van der Waals surface area contributed by atoms with Crippen molar-refractivity contribution in [1.82, 2.24) is 44.4 Å². The number of rotatable bonds is 21. The Morgan fingerprint density at radius 3 is 0.982 bits per heavy atom. The third-order valence-corrected chi connectivity index (χ3v) is 9.86. The highest BCUT2D eigenvalue weighted by Gasteiger charge is 2.19. The van der Waals surface area contributed by atoms with E-state index in [9.17, 15) is 44.1 Å². The van der Waals surface area contributed by atoms with Crippen molar-refractivity contribution < 1.29 is 29.7 Å². The summed E-state index contributed by atoms with van der Waals surface area (Å²) < 4.78 is 4.21. The predicted octanol–water partition coefficient (Wildman–Crippen LogP) is -0.702. The highest BCUT2D eigenvalue weighted by Crippen LogP contribution is 2.05. The van der Waals surface area contributed by atoms with Crippen molar-refractivity contribution >= 4 is 17.7 Å². The number of nitrogens with zero attached hydrogens (tertiary/aromatic N) is 6. The normalized spacial score (nSPS) is 14.3. The van der Waals surface area contributed by atoms with Crippen molar-refractivity contribution in [1.29, 1.82) is 0 Å². The first-order chi connectivity index (χ1) is 27.5. The minimum atomic E-state index is -0.470. The zero-order chi connectivity index (χ0) is 41.0. The number of aromatic nitrogens is 3. The van der Waals surface area contributed by atoms with Crippen LogP contribution in [0.15, 0.2) is 69.4 Å². The molecule has 0 aromatic carbocycles. The minimum absolute atomic E-state index is 0.108. The molecule has 1 aliphatic heterocycles. The van der Waals surface area contributed by atoms with Gasteiger partial charge in [0.2, 0.25) is 17.7 Å². The summed E-state index contributed by atoms with van der Waals surface area (Å²) in [5.41, 5.74) is -1.41. The van der Waals surface area contributed by atoms with Gasteiger partial charge in [-0.15, -0.1) is 0 Å². The molecule has 4 heterocycles. The fourth-order valence-corrected chi connectivity index (χ4v) is 6.43. The number of aromatic hydroxyl groups is 3. The van der Waals surface area contributed by atoms with Gasteiger partial charge in [-0.05, 0) is 55.7 Å². The van der Waals surface area contributed by atoms with Crippen LogP contribution < -0.4 is 32.6 Å². The molecule has 6 N–H and O–H groups in total. The molecule has 1 aliphatic rings. The van der Waals surface area contributed by atoms with Crippen LogP contribution in [-0.4, -0.2) is 140 Å². The number of hydrogen-bond acceptors (Lipinski definition) is 12. The first-order valence-electron chi connectivity index (χ1n) is 19.6. The summed E-state index contributed by atoms with van der Waals surface area (Å²) >= 11 is 0. The number of nitrogens with one attached hydrogen (secondary N) is 3. The summed E-state index contributed by atoms with van der Waals surface area (Å²) in [5, 5.41) is 37.6. The van der Waals surface area contributed by atoms with Gasteiger partial charge in [0.25, 0.3) is 16.7 Å². The largest absolute Gasteiger partial charge is 0.503 e. The molecule has 0 bridgehead atoms. The van der Waals surface area contributed by atoms with E-state index >= 15 is 0 Å². The number of carbonyl (C=O) groups excluding carboxylic acids is 3. The van der Waals surface area contributed by atoms with Crippen LogP contribution in [0.25, 0.3) is 0 Å². The molecule has 18 nitrogen and oxygen atoms in total. The van der Waals surface area contributed by atoms with Crippen LogP contribution in [-0.2, 0) is 34.0 Å². The molecular formula is C39H57N9O9. The number of amides is 3. The van der Waals surface area contributed by atoms with Gasteiger partial charge < -0.3 is 59.7 Å². The molecule has 3 aromatic heterocycles. The van der Waals surface area contributed by atoms with E-state index in [0.29, 0.717) is 117 Å². The molecule has 3 amide bonds. The van der Waals surface area contributed by atoms with Crippen LogP contribution in [0, 0.1) is 0 Å². The summed E-state index contributed by atoms with van der Waals surface area (Å²) in [7, 11) is 0. The summed E-state index contributed by atoms with van der Waals surface area (Å²) in [6, 6.07) is 8.79. The lowest BCUT2D eigenvalue weighted by atomic mass is 10.3. The van der Waals surface area contributed by atoms with Crippen LogP contribution >= 0.6 is 0 Å². The zero-order valence-corrected chi connectivity index (χ0v) is 32.5. The van der Waals surface area contributed by atoms with E-state index in [1.54, 1.807) is 36.8 Å². The lowest BCUT2D eigenvalue weighted by Gasteiger charge is -2.25. The molecule has 312 valence electrons. The highest BCUT2D eigenvalue weighted by molar-refractivity contribution is 5.76. The highest BCUT2D eigenvalue weighted by atomic mass is 16.3. The van der Waals surface area contributed by atoms with Crippen LogP contribution in [0.2, 0.25) is 0 Å². The van der Waals surface area contributed by atoms with Crippen molar-refractivity contribution in [2.24, 2.45) is 0 Å². The SMILES string of the molecule is O=C(CCN1CCN(CCC(=O)NCCCn2cccc(O)c2=O)CCN(CCC(=O)NCCCn2cccc(O)c2=O)CC1)NCCCn1cccc(O)c1=O. The van der Waals surface area contributed by atoms with Crippen molar-refractivity contribution in [2.75, 3.05) is 78.5 Å². The van der Waals surface area contributed by atoms with Gasteiger partial charge in [0.1, 0.15) is 0 Å². The molecule has 0 spiro atoms. The van der Waals surface area contributed by atoms with Crippen LogP contribution in [0.4, 0.5) is 0 Å². The van der Waals surface area contributed by atoms with E-state index in [0.717, 1.165) is 0 Å². The van der Waals surface area contributed by atoms with E-state index in [2.05, 4.69) is 30.7 Å². The quantitative estimate of drug-likeness (QED) is 0.0737. The Hall–Kier alpha value is -5.46. The second-order valence-electron chi connectivity index (χ2n) is 14.1. The summed E-state index contributed by atoms with van der Waals surface area (Å²) in [4.78, 5) is 81.0. The van der Waals surface area contributed by atoms with Crippen molar-refractivity contribution in [3.63, 3.8) is 0 Å². The average Bonchev–Trinajstić information content (AvgIpc) is 3.29. The number of aryl methyl sites for hydroxylation is 3. The van der Waals surface area contributed by atoms with Crippen LogP contribution in [0.5, 0.6) is 17.2 Å². The molecule has 0 radical (unpaired) electrons. The fraction of sp³-hybridized carbons (Fsp3) is 0.538. The predicted molar refractivity (Wildman–Crippen MR) is 213 cm³/mol. The van der Waals surface area contributed by atoms with Crippen LogP contribution in [0.1, 0.15) is 38.5 Å².